The summed E-state index contributed by atoms with van der Waals surface area (Å²) in [6, 6.07) is 10.2. The summed E-state index contributed by atoms with van der Waals surface area (Å²) >= 11 is 0. The first kappa shape index (κ1) is 15.3. The van der Waals surface area contributed by atoms with Crippen molar-refractivity contribution in [2.75, 3.05) is 12.8 Å². The van der Waals surface area contributed by atoms with E-state index in [9.17, 15) is 8.42 Å². The minimum Gasteiger partial charge on any atom is -0.456 e. The molecule has 0 fully saturated rings. The van der Waals surface area contributed by atoms with Crippen LogP contribution in [-0.4, -0.2) is 15.5 Å². The van der Waals surface area contributed by atoms with Gasteiger partial charge in [0.15, 0.2) is 0 Å². The van der Waals surface area contributed by atoms with Crippen molar-refractivity contribution < 1.29 is 13.2 Å². The first-order valence-electron chi connectivity index (χ1n) is 6.41. The number of aryl methyl sites for hydroxylation is 2. The van der Waals surface area contributed by atoms with Crippen LogP contribution in [0, 0.1) is 13.8 Å². The second kappa shape index (κ2) is 5.75. The van der Waals surface area contributed by atoms with Gasteiger partial charge in [0, 0.05) is 5.69 Å². The summed E-state index contributed by atoms with van der Waals surface area (Å²) in [5.41, 5.74) is 8.11. The topological polar surface area (TPSA) is 81.4 Å². The highest BCUT2D eigenvalue weighted by Crippen LogP contribution is 2.31. The minimum atomic E-state index is -3.65. The van der Waals surface area contributed by atoms with Crippen LogP contribution in [0.4, 0.5) is 5.69 Å². The van der Waals surface area contributed by atoms with E-state index in [1.54, 1.807) is 12.1 Å². The second-order valence-corrected chi connectivity index (χ2v) is 6.69. The summed E-state index contributed by atoms with van der Waals surface area (Å²) in [6.07, 6.45) is 0. The highest BCUT2D eigenvalue weighted by atomic mass is 32.2. The molecule has 2 aromatic carbocycles. The molecule has 0 saturated heterocycles. The van der Waals surface area contributed by atoms with Crippen LogP contribution in [-0.2, 0) is 10.0 Å². The van der Waals surface area contributed by atoms with Crippen LogP contribution >= 0.6 is 0 Å². The Hall–Kier alpha value is -2.05. The lowest BCUT2D eigenvalue weighted by molar-refractivity contribution is 0.466. The Morgan fingerprint density at radius 1 is 1.05 bits per heavy atom. The highest BCUT2D eigenvalue weighted by molar-refractivity contribution is 7.89. The van der Waals surface area contributed by atoms with Crippen LogP contribution in [0.15, 0.2) is 41.3 Å². The fraction of sp³-hybridized carbons (Fsp3) is 0.200. The fourth-order valence-corrected chi connectivity index (χ4v) is 2.93. The van der Waals surface area contributed by atoms with Crippen molar-refractivity contribution >= 4 is 15.7 Å². The Morgan fingerprint density at radius 3 is 2.24 bits per heavy atom. The number of hydrogen-bond acceptors (Lipinski definition) is 4. The molecule has 0 bridgehead atoms. The van der Waals surface area contributed by atoms with Gasteiger partial charge in [-0.05, 0) is 62.4 Å². The molecule has 0 radical (unpaired) electrons. The zero-order valence-corrected chi connectivity index (χ0v) is 13.0. The van der Waals surface area contributed by atoms with Crippen molar-refractivity contribution in [2.45, 2.75) is 18.7 Å². The fourth-order valence-electron chi connectivity index (χ4n) is 2.05. The van der Waals surface area contributed by atoms with Gasteiger partial charge in [-0.25, -0.2) is 13.1 Å². The van der Waals surface area contributed by atoms with E-state index in [1.807, 2.05) is 32.0 Å². The van der Waals surface area contributed by atoms with Crippen LogP contribution in [0.3, 0.4) is 0 Å². The van der Waals surface area contributed by atoms with E-state index >= 15 is 0 Å². The van der Waals surface area contributed by atoms with Crippen LogP contribution in [0.1, 0.15) is 11.1 Å². The summed E-state index contributed by atoms with van der Waals surface area (Å²) < 4.78 is 32.1. The first-order chi connectivity index (χ1) is 9.81. The number of sulfonamides is 1. The molecular weight excluding hydrogens is 288 g/mol. The average molecular weight is 306 g/mol. The molecule has 6 heteroatoms. The third-order valence-electron chi connectivity index (χ3n) is 2.95. The van der Waals surface area contributed by atoms with Crippen LogP contribution in [0.5, 0.6) is 11.5 Å². The molecule has 2 aromatic rings. The lowest BCUT2D eigenvalue weighted by atomic mass is 10.1. The summed E-state index contributed by atoms with van der Waals surface area (Å²) in [5.74, 6) is 0.827. The molecule has 0 aliphatic heterocycles. The molecule has 0 aliphatic rings. The number of nitrogens with two attached hydrogens (primary N) is 1. The Balaban J connectivity index is 2.49. The number of rotatable bonds is 4. The number of nitrogen functional groups attached to an aromatic ring is 1. The van der Waals surface area contributed by atoms with Gasteiger partial charge in [0.05, 0.1) is 0 Å². The molecule has 2 rings (SSSR count). The Labute approximate surface area is 124 Å². The Bertz CT molecular complexity index is 750. The monoisotopic (exact) mass is 306 g/mol. The Morgan fingerprint density at radius 2 is 1.67 bits per heavy atom. The predicted molar refractivity (Wildman–Crippen MR) is 83.1 cm³/mol. The zero-order valence-electron chi connectivity index (χ0n) is 12.2. The summed E-state index contributed by atoms with van der Waals surface area (Å²) in [5, 5.41) is 0. The largest absolute Gasteiger partial charge is 0.456 e. The molecular formula is C15H18N2O3S. The van der Waals surface area contributed by atoms with Gasteiger partial charge < -0.3 is 10.5 Å². The van der Waals surface area contributed by atoms with Crippen molar-refractivity contribution in [3.8, 4) is 11.5 Å². The molecule has 0 amide bonds. The predicted octanol–water partition coefficient (Wildman–Crippen LogP) is 2.59. The SMILES string of the molecule is CNS(=O)(=O)c1cc(N)ccc1Oc1cc(C)cc(C)c1. The van der Waals surface area contributed by atoms with Gasteiger partial charge in [0.2, 0.25) is 10.0 Å². The summed E-state index contributed by atoms with van der Waals surface area (Å²) in [7, 11) is -2.30. The maximum atomic E-state index is 12.1. The van der Waals surface area contributed by atoms with Gasteiger partial charge in [0.1, 0.15) is 16.4 Å². The van der Waals surface area contributed by atoms with Crippen LogP contribution in [0.2, 0.25) is 0 Å². The maximum absolute atomic E-state index is 12.1. The van der Waals surface area contributed by atoms with Gasteiger partial charge in [-0.1, -0.05) is 6.07 Å². The molecule has 0 aromatic heterocycles. The lowest BCUT2D eigenvalue weighted by Gasteiger charge is -2.13. The molecule has 3 N–H and O–H groups in total. The third kappa shape index (κ3) is 3.53. The van der Waals surface area contributed by atoms with Crippen molar-refractivity contribution in [2.24, 2.45) is 0 Å². The second-order valence-electron chi connectivity index (χ2n) is 4.84. The van der Waals surface area contributed by atoms with Gasteiger partial charge in [-0.2, -0.15) is 0 Å². The highest BCUT2D eigenvalue weighted by Gasteiger charge is 2.19. The van der Waals surface area contributed by atoms with E-state index in [4.69, 9.17) is 10.5 Å². The Kier molecular flexibility index (Phi) is 4.20. The summed E-state index contributed by atoms with van der Waals surface area (Å²) in [6.45, 7) is 3.90. The number of ether oxygens (including phenoxy) is 1. The molecule has 5 nitrogen and oxygen atoms in total. The third-order valence-corrected chi connectivity index (χ3v) is 4.38. The van der Waals surface area contributed by atoms with E-state index in [-0.39, 0.29) is 10.6 Å². The minimum absolute atomic E-state index is 0.0177. The lowest BCUT2D eigenvalue weighted by Crippen LogP contribution is -2.19. The number of anilines is 1. The van der Waals surface area contributed by atoms with Gasteiger partial charge in [0.25, 0.3) is 0 Å². The van der Waals surface area contributed by atoms with E-state index in [0.29, 0.717) is 11.4 Å². The smallest absolute Gasteiger partial charge is 0.244 e. The molecule has 21 heavy (non-hydrogen) atoms. The van der Waals surface area contributed by atoms with E-state index in [1.165, 1.54) is 13.1 Å². The molecule has 0 spiro atoms. The van der Waals surface area contributed by atoms with E-state index in [2.05, 4.69) is 4.72 Å². The van der Waals surface area contributed by atoms with Crippen LogP contribution < -0.4 is 15.2 Å². The molecule has 0 aliphatic carbocycles. The first-order valence-corrected chi connectivity index (χ1v) is 7.89. The quantitative estimate of drug-likeness (QED) is 0.851. The maximum Gasteiger partial charge on any atom is 0.244 e. The normalized spacial score (nSPS) is 11.4. The van der Waals surface area contributed by atoms with Gasteiger partial charge in [-0.3, -0.25) is 0 Å². The zero-order chi connectivity index (χ0) is 15.6. The average Bonchev–Trinajstić information content (AvgIpc) is 2.39. The van der Waals surface area contributed by atoms with Crippen LogP contribution in [0.25, 0.3) is 0 Å². The standard InChI is InChI=1S/C15H18N2O3S/c1-10-6-11(2)8-13(7-10)20-14-5-4-12(16)9-15(14)21(18,19)17-3/h4-9,17H,16H2,1-3H3. The van der Waals surface area contributed by atoms with E-state index in [0.717, 1.165) is 11.1 Å². The summed E-state index contributed by atoms with van der Waals surface area (Å²) in [4.78, 5) is 0.0177. The van der Waals surface area contributed by atoms with Gasteiger partial charge in [-0.15, -0.1) is 0 Å². The molecule has 112 valence electrons. The number of hydrogen-bond donors (Lipinski definition) is 2. The number of nitrogens with one attached hydrogen (secondary N) is 1. The molecule has 0 saturated carbocycles. The van der Waals surface area contributed by atoms with Crippen molar-refractivity contribution in [1.29, 1.82) is 0 Å². The van der Waals surface area contributed by atoms with E-state index < -0.39 is 10.0 Å². The van der Waals surface area contributed by atoms with Crippen molar-refractivity contribution in [3.63, 3.8) is 0 Å². The molecule has 0 atom stereocenters. The number of benzene rings is 2. The van der Waals surface area contributed by atoms with Crippen molar-refractivity contribution in [3.05, 3.63) is 47.5 Å². The molecule has 0 heterocycles. The van der Waals surface area contributed by atoms with Crippen molar-refractivity contribution in [1.82, 2.24) is 4.72 Å². The molecule has 0 unspecified atom stereocenters. The van der Waals surface area contributed by atoms with Gasteiger partial charge >= 0.3 is 0 Å².